The maximum Gasteiger partial charge on any atom is 0.270 e. The number of aromatic nitrogens is 1. The summed E-state index contributed by atoms with van der Waals surface area (Å²) in [6, 6.07) is -0.112. The first-order chi connectivity index (χ1) is 9.92. The summed E-state index contributed by atoms with van der Waals surface area (Å²) in [5.41, 5.74) is 6.59. The number of amides is 1. The average molecular weight is 309 g/mol. The van der Waals surface area contributed by atoms with E-state index in [1.807, 2.05) is 6.92 Å². The number of rotatable bonds is 6. The SMILES string of the molecule is CC(C)CC1(CNC(=O)c2csc(C(C)N)n2)CCCC1. The van der Waals surface area contributed by atoms with Gasteiger partial charge in [0.25, 0.3) is 5.91 Å². The van der Waals surface area contributed by atoms with Crippen LogP contribution in [0.5, 0.6) is 0 Å². The summed E-state index contributed by atoms with van der Waals surface area (Å²) in [5.74, 6) is 0.608. The van der Waals surface area contributed by atoms with Gasteiger partial charge in [0.15, 0.2) is 0 Å². The van der Waals surface area contributed by atoms with E-state index in [2.05, 4.69) is 24.1 Å². The van der Waals surface area contributed by atoms with Crippen molar-refractivity contribution in [2.75, 3.05) is 6.54 Å². The predicted molar refractivity (Wildman–Crippen MR) is 87.4 cm³/mol. The molecule has 1 aromatic heterocycles. The predicted octanol–water partition coefficient (Wildman–Crippen LogP) is 3.50. The fourth-order valence-electron chi connectivity index (χ4n) is 3.40. The average Bonchev–Trinajstić information content (AvgIpc) is 3.04. The Balaban J connectivity index is 1.95. The van der Waals surface area contributed by atoms with Gasteiger partial charge >= 0.3 is 0 Å². The lowest BCUT2D eigenvalue weighted by molar-refractivity contribution is 0.0917. The number of hydrogen-bond donors (Lipinski definition) is 2. The molecule has 118 valence electrons. The van der Waals surface area contributed by atoms with Gasteiger partial charge in [-0.15, -0.1) is 11.3 Å². The number of nitrogens with zero attached hydrogens (tertiary/aromatic N) is 1. The number of nitrogens with two attached hydrogens (primary N) is 1. The van der Waals surface area contributed by atoms with Crippen molar-refractivity contribution in [1.82, 2.24) is 10.3 Å². The summed E-state index contributed by atoms with van der Waals surface area (Å²) in [6.45, 7) is 7.18. The van der Waals surface area contributed by atoms with Crippen molar-refractivity contribution in [3.8, 4) is 0 Å². The Morgan fingerprint density at radius 3 is 2.62 bits per heavy atom. The zero-order valence-corrected chi connectivity index (χ0v) is 14.1. The lowest BCUT2D eigenvalue weighted by Gasteiger charge is -2.31. The molecule has 1 heterocycles. The van der Waals surface area contributed by atoms with E-state index < -0.39 is 0 Å². The first kappa shape index (κ1) is 16.4. The maximum absolute atomic E-state index is 12.3. The maximum atomic E-state index is 12.3. The Bertz CT molecular complexity index is 476. The van der Waals surface area contributed by atoms with Crippen molar-refractivity contribution in [2.24, 2.45) is 17.1 Å². The highest BCUT2D eigenvalue weighted by Crippen LogP contribution is 2.42. The van der Waals surface area contributed by atoms with Crippen molar-refractivity contribution < 1.29 is 4.79 Å². The molecule has 1 aliphatic carbocycles. The van der Waals surface area contributed by atoms with Crippen LogP contribution in [-0.4, -0.2) is 17.4 Å². The van der Waals surface area contributed by atoms with Gasteiger partial charge in [-0.3, -0.25) is 4.79 Å². The molecule has 2 rings (SSSR count). The molecule has 3 N–H and O–H groups in total. The quantitative estimate of drug-likeness (QED) is 0.845. The Morgan fingerprint density at radius 2 is 2.10 bits per heavy atom. The van der Waals surface area contributed by atoms with Crippen LogP contribution in [0.4, 0.5) is 0 Å². The highest BCUT2D eigenvalue weighted by atomic mass is 32.1. The largest absolute Gasteiger partial charge is 0.350 e. The molecule has 0 aromatic carbocycles. The minimum absolute atomic E-state index is 0.0619. The van der Waals surface area contributed by atoms with Crippen LogP contribution in [-0.2, 0) is 0 Å². The van der Waals surface area contributed by atoms with Gasteiger partial charge in [0.05, 0.1) is 6.04 Å². The summed E-state index contributed by atoms with van der Waals surface area (Å²) in [4.78, 5) is 16.6. The van der Waals surface area contributed by atoms with Crippen LogP contribution in [0.15, 0.2) is 5.38 Å². The zero-order valence-electron chi connectivity index (χ0n) is 13.3. The monoisotopic (exact) mass is 309 g/mol. The molecule has 5 heteroatoms. The lowest BCUT2D eigenvalue weighted by atomic mass is 9.78. The minimum Gasteiger partial charge on any atom is -0.350 e. The summed E-state index contributed by atoms with van der Waals surface area (Å²) in [5, 5.41) is 5.72. The molecule has 1 amide bonds. The second-order valence-electron chi connectivity index (χ2n) is 6.85. The number of thiazole rings is 1. The summed E-state index contributed by atoms with van der Waals surface area (Å²) in [7, 11) is 0. The van der Waals surface area contributed by atoms with Gasteiger partial charge in [0, 0.05) is 11.9 Å². The van der Waals surface area contributed by atoms with E-state index in [4.69, 9.17) is 5.73 Å². The van der Waals surface area contributed by atoms with Crippen LogP contribution in [0.1, 0.15) is 74.4 Å². The number of carbonyl (C=O) groups excluding carboxylic acids is 1. The second kappa shape index (κ2) is 6.88. The second-order valence-corrected chi connectivity index (χ2v) is 7.74. The molecule has 1 fully saturated rings. The first-order valence-corrected chi connectivity index (χ1v) is 8.79. The number of hydrogen-bond acceptors (Lipinski definition) is 4. The van der Waals surface area contributed by atoms with Crippen LogP contribution >= 0.6 is 11.3 Å². The molecule has 1 saturated carbocycles. The van der Waals surface area contributed by atoms with E-state index in [1.54, 1.807) is 5.38 Å². The molecule has 4 nitrogen and oxygen atoms in total. The highest BCUT2D eigenvalue weighted by Gasteiger charge is 2.34. The number of nitrogens with one attached hydrogen (secondary N) is 1. The Morgan fingerprint density at radius 1 is 1.43 bits per heavy atom. The van der Waals surface area contributed by atoms with Gasteiger partial charge in [-0.1, -0.05) is 26.7 Å². The first-order valence-electron chi connectivity index (χ1n) is 7.91. The third-order valence-corrected chi connectivity index (χ3v) is 5.32. The Labute approximate surface area is 131 Å². The van der Waals surface area contributed by atoms with Gasteiger partial charge in [-0.05, 0) is 37.5 Å². The van der Waals surface area contributed by atoms with E-state index in [0.717, 1.165) is 11.6 Å². The van der Waals surface area contributed by atoms with E-state index >= 15 is 0 Å². The molecule has 21 heavy (non-hydrogen) atoms. The van der Waals surface area contributed by atoms with Crippen LogP contribution in [0.3, 0.4) is 0 Å². The van der Waals surface area contributed by atoms with Crippen molar-refractivity contribution in [2.45, 2.75) is 58.9 Å². The Hall–Kier alpha value is -0.940. The van der Waals surface area contributed by atoms with Crippen LogP contribution in [0.2, 0.25) is 0 Å². The van der Waals surface area contributed by atoms with Crippen molar-refractivity contribution >= 4 is 17.2 Å². The van der Waals surface area contributed by atoms with Gasteiger partial charge in [0.1, 0.15) is 10.7 Å². The van der Waals surface area contributed by atoms with Gasteiger partial charge in [0.2, 0.25) is 0 Å². The fraction of sp³-hybridized carbons (Fsp3) is 0.750. The summed E-state index contributed by atoms with van der Waals surface area (Å²) < 4.78 is 0. The summed E-state index contributed by atoms with van der Waals surface area (Å²) >= 11 is 1.46. The van der Waals surface area contributed by atoms with Crippen LogP contribution in [0.25, 0.3) is 0 Å². The standard InChI is InChI=1S/C16H27N3OS/c1-11(2)8-16(6-4-5-7-16)10-18-14(20)13-9-21-15(19-13)12(3)17/h9,11-12H,4-8,10,17H2,1-3H3,(H,18,20). The van der Waals surface area contributed by atoms with Crippen molar-refractivity contribution in [1.29, 1.82) is 0 Å². The zero-order chi connectivity index (χ0) is 15.5. The topological polar surface area (TPSA) is 68.0 Å². The molecule has 0 spiro atoms. The van der Waals surface area contributed by atoms with Crippen LogP contribution < -0.4 is 11.1 Å². The molecule has 1 unspecified atom stereocenters. The fourth-order valence-corrected chi connectivity index (χ4v) is 4.16. The third-order valence-electron chi connectivity index (χ3n) is 4.27. The molecule has 0 saturated heterocycles. The lowest BCUT2D eigenvalue weighted by Crippen LogP contribution is -2.37. The van der Waals surface area contributed by atoms with E-state index in [-0.39, 0.29) is 11.9 Å². The molecule has 1 aromatic rings. The molecule has 1 atom stereocenters. The van der Waals surface area contributed by atoms with Gasteiger partial charge in [-0.2, -0.15) is 0 Å². The molecular formula is C16H27N3OS. The summed E-state index contributed by atoms with van der Waals surface area (Å²) in [6.07, 6.45) is 6.22. The van der Waals surface area contributed by atoms with Crippen molar-refractivity contribution in [3.63, 3.8) is 0 Å². The van der Waals surface area contributed by atoms with E-state index in [1.165, 1.54) is 43.4 Å². The normalized spacial score (nSPS) is 18.9. The van der Waals surface area contributed by atoms with Crippen LogP contribution in [0, 0.1) is 11.3 Å². The molecule has 1 aliphatic rings. The highest BCUT2D eigenvalue weighted by molar-refractivity contribution is 7.09. The van der Waals surface area contributed by atoms with Gasteiger partial charge in [-0.25, -0.2) is 4.98 Å². The van der Waals surface area contributed by atoms with Crippen molar-refractivity contribution in [3.05, 3.63) is 16.1 Å². The van der Waals surface area contributed by atoms with Gasteiger partial charge < -0.3 is 11.1 Å². The molecule has 0 bridgehead atoms. The molecular weight excluding hydrogens is 282 g/mol. The Kier molecular flexibility index (Phi) is 5.38. The van der Waals surface area contributed by atoms with E-state index in [0.29, 0.717) is 17.0 Å². The molecule has 0 radical (unpaired) electrons. The number of carbonyl (C=O) groups is 1. The smallest absolute Gasteiger partial charge is 0.270 e. The minimum atomic E-state index is -0.112. The molecule has 0 aliphatic heterocycles. The van der Waals surface area contributed by atoms with E-state index in [9.17, 15) is 4.79 Å². The third kappa shape index (κ3) is 4.27.